The molecule has 8 nitrogen and oxygen atoms in total. The number of anilines is 1. The third-order valence-corrected chi connectivity index (χ3v) is 5.46. The molecule has 0 spiro atoms. The van der Waals surface area contributed by atoms with Crippen LogP contribution in [0.1, 0.15) is 44.0 Å². The maximum Gasteiger partial charge on any atom is 0.407 e. The summed E-state index contributed by atoms with van der Waals surface area (Å²) in [7, 11) is -2.29. The molecule has 1 aliphatic rings. The fourth-order valence-electron chi connectivity index (χ4n) is 3.06. The smallest absolute Gasteiger partial charge is 0.407 e. The number of piperidine rings is 1. The molecule has 0 unspecified atom stereocenters. The number of ether oxygens (including phenoxy) is 2. The molecule has 1 aromatic rings. The summed E-state index contributed by atoms with van der Waals surface area (Å²) in [6, 6.07) is 4.49. The first-order valence-electron chi connectivity index (χ1n) is 9.07. The van der Waals surface area contributed by atoms with Crippen molar-refractivity contribution in [3.8, 4) is 0 Å². The first kappa shape index (κ1) is 22.0. The van der Waals surface area contributed by atoms with Gasteiger partial charge in [0.05, 0.1) is 23.3 Å². The number of methoxy groups -OCH3 is 1. The van der Waals surface area contributed by atoms with Crippen LogP contribution in [0.2, 0.25) is 0 Å². The normalized spacial score (nSPS) is 15.8. The molecule has 0 atom stereocenters. The molecule has 0 saturated carbocycles. The number of sulfone groups is 1. The van der Waals surface area contributed by atoms with Crippen LogP contribution in [0.5, 0.6) is 0 Å². The third-order valence-electron chi connectivity index (χ3n) is 4.34. The van der Waals surface area contributed by atoms with Crippen LogP contribution >= 0.6 is 0 Å². The van der Waals surface area contributed by atoms with Crippen molar-refractivity contribution in [1.29, 1.82) is 0 Å². The van der Waals surface area contributed by atoms with E-state index in [2.05, 4.69) is 10.1 Å². The molecular formula is C19H28N2O6S. The van der Waals surface area contributed by atoms with Gasteiger partial charge in [-0.2, -0.15) is 0 Å². The predicted molar refractivity (Wildman–Crippen MR) is 105 cm³/mol. The number of hydrogen-bond donors (Lipinski definition) is 1. The molecule has 1 heterocycles. The lowest BCUT2D eigenvalue weighted by atomic mass is 10.0. The van der Waals surface area contributed by atoms with Crippen LogP contribution in [-0.4, -0.2) is 58.6 Å². The second-order valence-electron chi connectivity index (χ2n) is 7.85. The zero-order chi connectivity index (χ0) is 21.1. The van der Waals surface area contributed by atoms with Gasteiger partial charge in [0.1, 0.15) is 5.60 Å². The lowest BCUT2D eigenvalue weighted by Gasteiger charge is -2.35. The molecule has 1 aliphatic heterocycles. The number of esters is 1. The number of hydrogen-bond acceptors (Lipinski definition) is 7. The highest BCUT2D eigenvalue weighted by atomic mass is 32.2. The molecule has 0 radical (unpaired) electrons. The lowest BCUT2D eigenvalue weighted by molar-refractivity contribution is 0.0496. The number of carbonyl (C=O) groups is 2. The summed E-state index contributed by atoms with van der Waals surface area (Å²) in [5.41, 5.74) is 0.176. The highest BCUT2D eigenvalue weighted by Crippen LogP contribution is 2.29. The molecule has 9 heteroatoms. The molecule has 0 aliphatic carbocycles. The van der Waals surface area contributed by atoms with E-state index in [0.717, 1.165) is 6.26 Å². The van der Waals surface area contributed by atoms with Gasteiger partial charge in [-0.15, -0.1) is 0 Å². The fraction of sp³-hybridized carbons (Fsp3) is 0.579. The number of rotatable bonds is 4. The van der Waals surface area contributed by atoms with E-state index in [-0.39, 0.29) is 16.5 Å². The Hall–Kier alpha value is -2.29. The van der Waals surface area contributed by atoms with E-state index in [9.17, 15) is 18.0 Å². The van der Waals surface area contributed by atoms with Gasteiger partial charge in [-0.25, -0.2) is 18.0 Å². The highest BCUT2D eigenvalue weighted by molar-refractivity contribution is 7.90. The molecule has 1 amide bonds. The summed E-state index contributed by atoms with van der Waals surface area (Å²) in [6.07, 6.45) is 1.97. The molecule has 1 N–H and O–H groups in total. The van der Waals surface area contributed by atoms with Crippen LogP contribution in [0.15, 0.2) is 23.1 Å². The van der Waals surface area contributed by atoms with Gasteiger partial charge in [-0.05, 0) is 51.8 Å². The zero-order valence-electron chi connectivity index (χ0n) is 16.9. The number of alkyl carbamates (subject to hydrolysis) is 1. The van der Waals surface area contributed by atoms with E-state index in [1.54, 1.807) is 32.9 Å². The Kier molecular flexibility index (Phi) is 6.59. The lowest BCUT2D eigenvalue weighted by Crippen LogP contribution is -2.46. The van der Waals surface area contributed by atoms with E-state index < -0.39 is 27.5 Å². The van der Waals surface area contributed by atoms with Gasteiger partial charge in [-0.3, -0.25) is 0 Å². The van der Waals surface area contributed by atoms with Gasteiger partial charge >= 0.3 is 12.1 Å². The Morgan fingerprint density at radius 2 is 1.79 bits per heavy atom. The summed E-state index contributed by atoms with van der Waals surface area (Å²) in [6.45, 7) is 6.56. The van der Waals surface area contributed by atoms with Crippen molar-refractivity contribution in [2.45, 2.75) is 50.2 Å². The standard InChI is InChI=1S/C19H28N2O6S/c1-19(2,3)27-18(23)20-14-8-10-21(11-9-14)15-7-6-13(17(22)26-4)12-16(15)28(5,24)25/h6-7,12,14H,8-11H2,1-5H3,(H,20,23). The SMILES string of the molecule is COC(=O)c1ccc(N2CCC(NC(=O)OC(C)(C)C)CC2)c(S(C)(=O)=O)c1. The van der Waals surface area contributed by atoms with E-state index in [1.165, 1.54) is 13.2 Å². The maximum atomic E-state index is 12.2. The van der Waals surface area contributed by atoms with Crippen molar-refractivity contribution < 1.29 is 27.5 Å². The first-order chi connectivity index (χ1) is 12.9. The van der Waals surface area contributed by atoms with Crippen molar-refractivity contribution in [3.05, 3.63) is 23.8 Å². The average Bonchev–Trinajstić information content (AvgIpc) is 2.59. The highest BCUT2D eigenvalue weighted by Gasteiger charge is 2.27. The summed E-state index contributed by atoms with van der Waals surface area (Å²) < 4.78 is 34.5. The monoisotopic (exact) mass is 412 g/mol. The third kappa shape index (κ3) is 5.85. The minimum Gasteiger partial charge on any atom is -0.465 e. The molecule has 1 fully saturated rings. The summed E-state index contributed by atoms with van der Waals surface area (Å²) in [5, 5.41) is 2.86. The van der Waals surface area contributed by atoms with Gasteiger partial charge in [-0.1, -0.05) is 0 Å². The van der Waals surface area contributed by atoms with Crippen molar-refractivity contribution in [2.75, 3.05) is 31.4 Å². The van der Waals surface area contributed by atoms with Crippen molar-refractivity contribution >= 4 is 27.6 Å². The largest absolute Gasteiger partial charge is 0.465 e. The Morgan fingerprint density at radius 3 is 2.29 bits per heavy atom. The number of nitrogens with zero attached hydrogens (tertiary/aromatic N) is 1. The van der Waals surface area contributed by atoms with Crippen LogP contribution in [0.25, 0.3) is 0 Å². The van der Waals surface area contributed by atoms with Crippen LogP contribution in [-0.2, 0) is 19.3 Å². The molecule has 2 rings (SSSR count). The van der Waals surface area contributed by atoms with Gasteiger partial charge in [0.15, 0.2) is 9.84 Å². The van der Waals surface area contributed by atoms with E-state index >= 15 is 0 Å². The Morgan fingerprint density at radius 1 is 1.18 bits per heavy atom. The second-order valence-corrected chi connectivity index (χ2v) is 9.84. The fourth-order valence-corrected chi connectivity index (χ4v) is 3.97. The van der Waals surface area contributed by atoms with Crippen LogP contribution < -0.4 is 10.2 Å². The van der Waals surface area contributed by atoms with Crippen molar-refractivity contribution in [3.63, 3.8) is 0 Å². The molecule has 0 bridgehead atoms. The molecular weight excluding hydrogens is 384 g/mol. The quantitative estimate of drug-likeness (QED) is 0.758. The van der Waals surface area contributed by atoms with E-state index in [1.807, 2.05) is 4.90 Å². The molecule has 28 heavy (non-hydrogen) atoms. The minimum absolute atomic E-state index is 0.0397. The van der Waals surface area contributed by atoms with E-state index in [0.29, 0.717) is 31.6 Å². The number of nitrogens with one attached hydrogen (secondary N) is 1. The van der Waals surface area contributed by atoms with Crippen LogP contribution in [0.4, 0.5) is 10.5 Å². The molecule has 0 aromatic heterocycles. The Balaban J connectivity index is 2.11. The molecule has 1 aromatic carbocycles. The molecule has 1 saturated heterocycles. The van der Waals surface area contributed by atoms with Crippen molar-refractivity contribution in [2.24, 2.45) is 0 Å². The van der Waals surface area contributed by atoms with Crippen LogP contribution in [0.3, 0.4) is 0 Å². The van der Waals surface area contributed by atoms with Crippen LogP contribution in [0, 0.1) is 0 Å². The summed E-state index contributed by atoms with van der Waals surface area (Å²) >= 11 is 0. The second kappa shape index (κ2) is 8.38. The topological polar surface area (TPSA) is 102 Å². The Bertz CT molecular complexity index is 836. The number of benzene rings is 1. The zero-order valence-corrected chi connectivity index (χ0v) is 17.8. The van der Waals surface area contributed by atoms with Gasteiger partial charge in [0.25, 0.3) is 0 Å². The first-order valence-corrected chi connectivity index (χ1v) is 11.0. The van der Waals surface area contributed by atoms with E-state index in [4.69, 9.17) is 4.74 Å². The molecule has 156 valence electrons. The van der Waals surface area contributed by atoms with Crippen molar-refractivity contribution in [1.82, 2.24) is 5.32 Å². The minimum atomic E-state index is -3.54. The number of carbonyl (C=O) groups excluding carboxylic acids is 2. The predicted octanol–water partition coefficient (Wildman–Crippen LogP) is 2.37. The van der Waals surface area contributed by atoms with Gasteiger partial charge < -0.3 is 19.7 Å². The average molecular weight is 413 g/mol. The summed E-state index contributed by atoms with van der Waals surface area (Å²) in [4.78, 5) is 25.7. The number of amides is 1. The van der Waals surface area contributed by atoms with Gasteiger partial charge in [0, 0.05) is 25.4 Å². The Labute approximate surface area is 166 Å². The van der Waals surface area contributed by atoms with Gasteiger partial charge in [0.2, 0.25) is 0 Å². The maximum absolute atomic E-state index is 12.2. The summed E-state index contributed by atoms with van der Waals surface area (Å²) in [5.74, 6) is -0.586.